The van der Waals surface area contributed by atoms with E-state index in [-0.39, 0.29) is 18.7 Å². The van der Waals surface area contributed by atoms with Crippen molar-refractivity contribution in [1.29, 1.82) is 0 Å². The van der Waals surface area contributed by atoms with Crippen molar-refractivity contribution in [2.45, 2.75) is 19.0 Å². The van der Waals surface area contributed by atoms with Gasteiger partial charge in [-0.1, -0.05) is 12.1 Å². The molecule has 1 aromatic rings. The molecule has 0 aliphatic carbocycles. The number of hydrogen-bond acceptors (Lipinski definition) is 5. The van der Waals surface area contributed by atoms with Crippen LogP contribution in [0.2, 0.25) is 0 Å². The van der Waals surface area contributed by atoms with Gasteiger partial charge in [-0.05, 0) is 24.6 Å². The van der Waals surface area contributed by atoms with E-state index >= 15 is 0 Å². The summed E-state index contributed by atoms with van der Waals surface area (Å²) < 4.78 is 10.3. The quantitative estimate of drug-likeness (QED) is 0.708. The van der Waals surface area contributed by atoms with Gasteiger partial charge in [-0.3, -0.25) is 4.90 Å². The van der Waals surface area contributed by atoms with E-state index in [0.717, 1.165) is 17.9 Å². The Labute approximate surface area is 121 Å². The average Bonchev–Trinajstić information content (AvgIpc) is 2.45. The topological polar surface area (TPSA) is 68.0 Å². The lowest BCUT2D eigenvalue weighted by Gasteiger charge is -2.34. The summed E-state index contributed by atoms with van der Waals surface area (Å²) in [4.78, 5) is 2.15. The Morgan fingerprint density at radius 2 is 1.85 bits per heavy atom. The van der Waals surface area contributed by atoms with Crippen LogP contribution < -0.4 is 10.5 Å². The lowest BCUT2D eigenvalue weighted by Crippen LogP contribution is -2.42. The molecular weight excluding hydrogens is 256 g/mol. The first-order valence-electron chi connectivity index (χ1n) is 6.87. The summed E-state index contributed by atoms with van der Waals surface area (Å²) in [6.45, 7) is 3.99. The molecule has 2 unspecified atom stereocenters. The van der Waals surface area contributed by atoms with Gasteiger partial charge in [0.1, 0.15) is 5.75 Å². The predicted molar refractivity (Wildman–Crippen MR) is 79.9 cm³/mol. The fraction of sp³-hybridized carbons (Fsp3) is 0.600. The lowest BCUT2D eigenvalue weighted by molar-refractivity contribution is 0.0928. The predicted octanol–water partition coefficient (Wildman–Crippen LogP) is 1.02. The van der Waals surface area contributed by atoms with Crippen LogP contribution >= 0.6 is 0 Å². The van der Waals surface area contributed by atoms with Crippen LogP contribution in [0.5, 0.6) is 5.75 Å². The molecule has 0 aromatic heterocycles. The van der Waals surface area contributed by atoms with Crippen molar-refractivity contribution >= 4 is 0 Å². The van der Waals surface area contributed by atoms with Crippen molar-refractivity contribution in [3.63, 3.8) is 0 Å². The second-order valence-corrected chi connectivity index (χ2v) is 4.83. The first-order valence-corrected chi connectivity index (χ1v) is 6.87. The van der Waals surface area contributed by atoms with Crippen molar-refractivity contribution in [2.24, 2.45) is 5.73 Å². The molecule has 0 aliphatic rings. The third-order valence-corrected chi connectivity index (χ3v) is 3.32. The maximum atomic E-state index is 9.25. The Kier molecular flexibility index (Phi) is 7.54. The molecule has 20 heavy (non-hydrogen) atoms. The number of benzene rings is 1. The van der Waals surface area contributed by atoms with E-state index in [1.807, 2.05) is 31.2 Å². The van der Waals surface area contributed by atoms with Crippen molar-refractivity contribution in [1.82, 2.24) is 4.90 Å². The van der Waals surface area contributed by atoms with Crippen LogP contribution in [-0.2, 0) is 4.74 Å². The highest BCUT2D eigenvalue weighted by atomic mass is 16.5. The molecule has 0 saturated heterocycles. The van der Waals surface area contributed by atoms with Crippen LogP contribution in [0, 0.1) is 0 Å². The standard InChI is InChI=1S/C15H26N2O3/c1-12(16)15(17(8-10-18)9-11-19-2)13-4-6-14(20-3)7-5-13/h4-7,12,15,18H,8-11,16H2,1-3H3. The highest BCUT2D eigenvalue weighted by Crippen LogP contribution is 2.25. The van der Waals surface area contributed by atoms with E-state index in [1.165, 1.54) is 0 Å². The first-order chi connectivity index (χ1) is 9.63. The van der Waals surface area contributed by atoms with Crippen LogP contribution in [-0.4, -0.2) is 56.6 Å². The lowest BCUT2D eigenvalue weighted by atomic mass is 9.99. The Hall–Kier alpha value is -1.14. The highest BCUT2D eigenvalue weighted by Gasteiger charge is 2.23. The molecule has 0 saturated carbocycles. The number of nitrogens with two attached hydrogens (primary N) is 1. The number of methoxy groups -OCH3 is 2. The van der Waals surface area contributed by atoms with Gasteiger partial charge in [-0.25, -0.2) is 0 Å². The fourth-order valence-corrected chi connectivity index (χ4v) is 2.37. The monoisotopic (exact) mass is 282 g/mol. The van der Waals surface area contributed by atoms with E-state index in [4.69, 9.17) is 15.2 Å². The van der Waals surface area contributed by atoms with Gasteiger partial charge in [0.05, 0.1) is 20.3 Å². The molecule has 3 N–H and O–H groups in total. The number of hydrogen-bond donors (Lipinski definition) is 2. The molecule has 0 spiro atoms. The number of rotatable bonds is 9. The zero-order chi connectivity index (χ0) is 15.0. The zero-order valence-electron chi connectivity index (χ0n) is 12.6. The van der Waals surface area contributed by atoms with Gasteiger partial charge in [0.25, 0.3) is 0 Å². The molecule has 1 rings (SSSR count). The largest absolute Gasteiger partial charge is 0.497 e. The molecule has 0 bridgehead atoms. The molecule has 0 amide bonds. The third kappa shape index (κ3) is 4.76. The SMILES string of the molecule is COCCN(CCO)C(c1ccc(OC)cc1)C(C)N. The van der Waals surface area contributed by atoms with E-state index in [0.29, 0.717) is 13.2 Å². The van der Waals surface area contributed by atoms with Gasteiger partial charge in [-0.15, -0.1) is 0 Å². The summed E-state index contributed by atoms with van der Waals surface area (Å²) in [5.41, 5.74) is 7.26. The molecule has 0 fully saturated rings. The van der Waals surface area contributed by atoms with Crippen molar-refractivity contribution in [2.75, 3.05) is 40.5 Å². The minimum atomic E-state index is -0.0493. The number of nitrogens with zero attached hydrogens (tertiary/aromatic N) is 1. The van der Waals surface area contributed by atoms with Crippen molar-refractivity contribution < 1.29 is 14.6 Å². The summed E-state index contributed by atoms with van der Waals surface area (Å²) in [5, 5.41) is 9.25. The third-order valence-electron chi connectivity index (χ3n) is 3.32. The van der Waals surface area contributed by atoms with E-state index in [9.17, 15) is 5.11 Å². The molecule has 0 radical (unpaired) electrons. The first kappa shape index (κ1) is 16.9. The van der Waals surface area contributed by atoms with Crippen LogP contribution in [0.15, 0.2) is 24.3 Å². The van der Waals surface area contributed by atoms with Gasteiger partial charge in [0, 0.05) is 32.3 Å². The second-order valence-electron chi connectivity index (χ2n) is 4.83. The molecule has 0 heterocycles. The molecule has 1 aromatic carbocycles. The van der Waals surface area contributed by atoms with Crippen molar-refractivity contribution in [3.05, 3.63) is 29.8 Å². The van der Waals surface area contributed by atoms with Crippen LogP contribution in [0.25, 0.3) is 0 Å². The minimum Gasteiger partial charge on any atom is -0.497 e. The van der Waals surface area contributed by atoms with Crippen LogP contribution in [0.4, 0.5) is 0 Å². The summed E-state index contributed by atoms with van der Waals surface area (Å²) in [6, 6.07) is 7.89. The molecule has 2 atom stereocenters. The Morgan fingerprint density at radius 3 is 2.30 bits per heavy atom. The van der Waals surface area contributed by atoms with E-state index in [1.54, 1.807) is 14.2 Å². The molecular formula is C15H26N2O3. The fourth-order valence-electron chi connectivity index (χ4n) is 2.37. The van der Waals surface area contributed by atoms with Crippen molar-refractivity contribution in [3.8, 4) is 5.75 Å². The maximum Gasteiger partial charge on any atom is 0.118 e. The Balaban J connectivity index is 2.93. The summed E-state index contributed by atoms with van der Waals surface area (Å²) in [7, 11) is 3.32. The molecule has 5 heteroatoms. The Bertz CT molecular complexity index is 368. The Morgan fingerprint density at radius 1 is 1.20 bits per heavy atom. The summed E-state index contributed by atoms with van der Waals surface area (Å²) in [5.74, 6) is 0.822. The second kappa shape index (κ2) is 8.92. The maximum absolute atomic E-state index is 9.25. The van der Waals surface area contributed by atoms with Crippen LogP contribution in [0.1, 0.15) is 18.5 Å². The molecule has 0 aliphatic heterocycles. The highest BCUT2D eigenvalue weighted by molar-refractivity contribution is 5.29. The normalized spacial score (nSPS) is 14.3. The molecule has 5 nitrogen and oxygen atoms in total. The number of ether oxygens (including phenoxy) is 2. The number of aliphatic hydroxyl groups is 1. The van der Waals surface area contributed by atoms with Gasteiger partial charge in [-0.2, -0.15) is 0 Å². The zero-order valence-corrected chi connectivity index (χ0v) is 12.6. The van der Waals surface area contributed by atoms with E-state index < -0.39 is 0 Å². The van der Waals surface area contributed by atoms with Gasteiger partial charge in [0.2, 0.25) is 0 Å². The van der Waals surface area contributed by atoms with Crippen LogP contribution in [0.3, 0.4) is 0 Å². The van der Waals surface area contributed by atoms with E-state index in [2.05, 4.69) is 4.90 Å². The van der Waals surface area contributed by atoms with Gasteiger partial charge in [0.15, 0.2) is 0 Å². The minimum absolute atomic E-state index is 0.0446. The molecule has 114 valence electrons. The van der Waals surface area contributed by atoms with Gasteiger partial charge >= 0.3 is 0 Å². The summed E-state index contributed by atoms with van der Waals surface area (Å²) >= 11 is 0. The smallest absolute Gasteiger partial charge is 0.118 e. The van der Waals surface area contributed by atoms with Gasteiger partial charge < -0.3 is 20.3 Å². The summed E-state index contributed by atoms with van der Waals surface area (Å²) in [6.07, 6.45) is 0. The average molecular weight is 282 g/mol. The number of aliphatic hydroxyl groups excluding tert-OH is 1.